The molecule has 1 atom stereocenters. The van der Waals surface area contributed by atoms with Crippen LogP contribution in [0.15, 0.2) is 0 Å². The minimum Gasteiger partial charge on any atom is -0.548 e. The van der Waals surface area contributed by atoms with Crippen LogP contribution in [0.3, 0.4) is 0 Å². The summed E-state index contributed by atoms with van der Waals surface area (Å²) in [4.78, 5) is 10.2. The van der Waals surface area contributed by atoms with Gasteiger partial charge in [0, 0.05) is 6.04 Å². The van der Waals surface area contributed by atoms with Crippen LogP contribution in [0.4, 0.5) is 0 Å². The van der Waals surface area contributed by atoms with Crippen molar-refractivity contribution >= 4 is 5.97 Å². The van der Waals surface area contributed by atoms with E-state index in [4.69, 9.17) is 0 Å². The van der Waals surface area contributed by atoms with Crippen LogP contribution < -0.4 is 61.8 Å². The smallest absolute Gasteiger partial charge is 0.548 e. The largest absolute Gasteiger partial charge is 1.00 e. The second kappa shape index (κ2) is 5.68. The van der Waals surface area contributed by atoms with Crippen LogP contribution in [0.1, 0.15) is 19.3 Å². The van der Waals surface area contributed by atoms with E-state index < -0.39 is 12.0 Å². The van der Waals surface area contributed by atoms with E-state index in [0.29, 0.717) is 0 Å². The quantitative estimate of drug-likeness (QED) is 0.404. The fourth-order valence-electron chi connectivity index (χ4n) is 1.05. The van der Waals surface area contributed by atoms with Gasteiger partial charge in [-0.2, -0.15) is 0 Å². The van der Waals surface area contributed by atoms with Crippen LogP contribution in [0.2, 0.25) is 0 Å². The molecule has 0 radical (unpaired) electrons. The summed E-state index contributed by atoms with van der Waals surface area (Å²) < 4.78 is 0. The molecule has 1 aliphatic heterocycles. The molecule has 10 heavy (non-hydrogen) atoms. The Bertz CT molecular complexity index is 112. The number of carboxylic acid groups (broad SMARTS) is 1. The third-order valence-corrected chi connectivity index (χ3v) is 1.59. The van der Waals surface area contributed by atoms with Crippen molar-refractivity contribution in [3.63, 3.8) is 0 Å². The molecule has 0 aromatic rings. The average molecular weight is 167 g/mol. The van der Waals surface area contributed by atoms with Gasteiger partial charge in [-0.3, -0.25) is 0 Å². The van der Waals surface area contributed by atoms with E-state index in [0.717, 1.165) is 25.8 Å². The zero-order valence-corrected chi connectivity index (χ0v) is 9.35. The fourth-order valence-corrected chi connectivity index (χ4v) is 1.05. The maximum atomic E-state index is 10.2. The molecular formula is C6H10KNO2. The molecule has 0 bridgehead atoms. The number of hydrogen-bond acceptors (Lipinski definition) is 3. The molecule has 1 fully saturated rings. The Balaban J connectivity index is 0.000000810. The molecule has 0 aliphatic carbocycles. The van der Waals surface area contributed by atoms with Crippen molar-refractivity contribution in [3.8, 4) is 0 Å². The van der Waals surface area contributed by atoms with Crippen LogP contribution in [-0.4, -0.2) is 18.6 Å². The van der Waals surface area contributed by atoms with Crippen LogP contribution in [0.25, 0.3) is 0 Å². The summed E-state index contributed by atoms with van der Waals surface area (Å²) in [5.41, 5.74) is 0. The second-order valence-electron chi connectivity index (χ2n) is 2.32. The van der Waals surface area contributed by atoms with Crippen molar-refractivity contribution in [3.05, 3.63) is 0 Å². The van der Waals surface area contributed by atoms with Gasteiger partial charge in [0.1, 0.15) is 0 Å². The first kappa shape index (κ1) is 11.1. The Kier molecular flexibility index (Phi) is 6.29. The van der Waals surface area contributed by atoms with E-state index in [1.54, 1.807) is 0 Å². The van der Waals surface area contributed by atoms with E-state index in [9.17, 15) is 9.90 Å². The number of nitrogens with one attached hydrogen (secondary N) is 1. The number of carbonyl (C=O) groups excluding carboxylic acids is 1. The van der Waals surface area contributed by atoms with Crippen molar-refractivity contribution in [2.75, 3.05) is 6.54 Å². The fraction of sp³-hybridized carbons (Fsp3) is 0.833. The van der Waals surface area contributed by atoms with Crippen molar-refractivity contribution in [1.82, 2.24) is 5.32 Å². The second-order valence-corrected chi connectivity index (χ2v) is 2.32. The Morgan fingerprint density at radius 3 is 2.50 bits per heavy atom. The molecule has 0 amide bonds. The number of carbonyl (C=O) groups is 1. The first-order chi connectivity index (χ1) is 4.30. The normalized spacial score (nSPS) is 25.0. The number of rotatable bonds is 1. The SMILES string of the molecule is O=C([O-])[C@@H]1CCCCN1.[K+]. The van der Waals surface area contributed by atoms with Crippen LogP contribution in [-0.2, 0) is 4.79 Å². The minimum absolute atomic E-state index is 0. The van der Waals surface area contributed by atoms with E-state index >= 15 is 0 Å². The van der Waals surface area contributed by atoms with Gasteiger partial charge in [-0.1, -0.05) is 6.42 Å². The first-order valence-electron chi connectivity index (χ1n) is 3.25. The van der Waals surface area contributed by atoms with Gasteiger partial charge in [0.25, 0.3) is 0 Å². The zero-order chi connectivity index (χ0) is 6.69. The molecule has 0 aromatic carbocycles. The molecule has 52 valence electrons. The molecule has 0 aromatic heterocycles. The minimum atomic E-state index is -0.963. The van der Waals surface area contributed by atoms with Gasteiger partial charge in [-0.15, -0.1) is 0 Å². The summed E-state index contributed by atoms with van der Waals surface area (Å²) in [5.74, 6) is -0.963. The van der Waals surface area contributed by atoms with Crippen molar-refractivity contribution in [2.45, 2.75) is 25.3 Å². The molecule has 1 saturated heterocycles. The number of piperidine rings is 1. The third kappa shape index (κ3) is 3.46. The molecule has 0 unspecified atom stereocenters. The standard InChI is InChI=1S/C6H11NO2.K/c8-6(9)5-3-1-2-4-7-5;/h5,7H,1-4H2,(H,8,9);/q;+1/p-1/t5-;/m0./s1. The Morgan fingerprint density at radius 1 is 1.50 bits per heavy atom. The van der Waals surface area contributed by atoms with Gasteiger partial charge in [0.05, 0.1) is 5.97 Å². The predicted molar refractivity (Wildman–Crippen MR) is 30.6 cm³/mol. The van der Waals surface area contributed by atoms with Gasteiger partial charge in [0.15, 0.2) is 0 Å². The zero-order valence-electron chi connectivity index (χ0n) is 6.22. The summed E-state index contributed by atoms with van der Waals surface area (Å²) in [5, 5.41) is 13.0. The van der Waals surface area contributed by atoms with Gasteiger partial charge in [-0.05, 0) is 19.4 Å². The molecule has 4 heteroatoms. The van der Waals surface area contributed by atoms with E-state index in [1.165, 1.54) is 0 Å². The third-order valence-electron chi connectivity index (χ3n) is 1.59. The maximum absolute atomic E-state index is 10.2. The summed E-state index contributed by atoms with van der Waals surface area (Å²) in [7, 11) is 0. The van der Waals surface area contributed by atoms with Gasteiger partial charge < -0.3 is 15.2 Å². The number of hydrogen-bond donors (Lipinski definition) is 1. The Labute approximate surface area is 103 Å². The number of aliphatic carboxylic acids is 1. The van der Waals surface area contributed by atoms with Crippen LogP contribution in [0.5, 0.6) is 0 Å². The summed E-state index contributed by atoms with van der Waals surface area (Å²) in [6.07, 6.45) is 2.82. The molecule has 0 spiro atoms. The molecule has 1 heterocycles. The topological polar surface area (TPSA) is 52.2 Å². The molecule has 1 N–H and O–H groups in total. The summed E-state index contributed by atoms with van der Waals surface area (Å²) >= 11 is 0. The molecule has 1 aliphatic rings. The monoisotopic (exact) mass is 167 g/mol. The van der Waals surface area contributed by atoms with E-state index in [1.807, 2.05) is 0 Å². The summed E-state index contributed by atoms with van der Waals surface area (Å²) in [6, 6.07) is -0.390. The maximum Gasteiger partial charge on any atom is 1.00 e. The van der Waals surface area contributed by atoms with Gasteiger partial charge in [-0.25, -0.2) is 0 Å². The molecule has 3 nitrogen and oxygen atoms in total. The predicted octanol–water partition coefficient (Wildman–Crippen LogP) is -4.12. The van der Waals surface area contributed by atoms with E-state index in [2.05, 4.69) is 5.32 Å². The molecule has 0 saturated carbocycles. The van der Waals surface area contributed by atoms with Crippen LogP contribution in [0, 0.1) is 0 Å². The van der Waals surface area contributed by atoms with Crippen molar-refractivity contribution < 1.29 is 61.3 Å². The van der Waals surface area contributed by atoms with Gasteiger partial charge >= 0.3 is 51.4 Å². The van der Waals surface area contributed by atoms with Crippen molar-refractivity contribution in [1.29, 1.82) is 0 Å². The molecular weight excluding hydrogens is 157 g/mol. The number of carboxylic acids is 1. The summed E-state index contributed by atoms with van der Waals surface area (Å²) in [6.45, 7) is 0.818. The van der Waals surface area contributed by atoms with Crippen molar-refractivity contribution in [2.24, 2.45) is 0 Å². The Morgan fingerprint density at radius 2 is 2.20 bits per heavy atom. The molecule has 1 rings (SSSR count). The Hall–Kier alpha value is 1.07. The van der Waals surface area contributed by atoms with Crippen LogP contribution >= 0.6 is 0 Å². The first-order valence-corrected chi connectivity index (χ1v) is 3.25. The average Bonchev–Trinajstić information content (AvgIpc) is 1.90. The van der Waals surface area contributed by atoms with Gasteiger partial charge in [0.2, 0.25) is 0 Å². The van der Waals surface area contributed by atoms with E-state index in [-0.39, 0.29) is 51.4 Å².